The molecule has 106 valence electrons. The molecule has 0 radical (unpaired) electrons. The molecule has 3 rings (SSSR count). The standard InChI is InChI=1S/C17H23N3/c1-2-8-17(9-10-17)14-18-13-15-4-6-16(7-5-15)20-12-3-11-19-20/h3-7,11-12,18H,2,8-10,13-14H2,1H3. The number of benzene rings is 1. The molecule has 1 aliphatic carbocycles. The van der Waals surface area contributed by atoms with Crippen molar-refractivity contribution in [1.82, 2.24) is 15.1 Å². The van der Waals surface area contributed by atoms with Gasteiger partial charge in [0.25, 0.3) is 0 Å². The van der Waals surface area contributed by atoms with Crippen molar-refractivity contribution in [2.24, 2.45) is 5.41 Å². The van der Waals surface area contributed by atoms with Crippen molar-refractivity contribution < 1.29 is 0 Å². The van der Waals surface area contributed by atoms with E-state index in [-0.39, 0.29) is 0 Å². The summed E-state index contributed by atoms with van der Waals surface area (Å²) in [6.07, 6.45) is 9.27. The first kappa shape index (κ1) is 13.4. The predicted molar refractivity (Wildman–Crippen MR) is 81.8 cm³/mol. The van der Waals surface area contributed by atoms with Gasteiger partial charge >= 0.3 is 0 Å². The smallest absolute Gasteiger partial charge is 0.0645 e. The van der Waals surface area contributed by atoms with Crippen LogP contribution in [0.3, 0.4) is 0 Å². The molecule has 1 N–H and O–H groups in total. The normalized spacial score (nSPS) is 16.2. The van der Waals surface area contributed by atoms with Crippen molar-refractivity contribution in [3.05, 3.63) is 48.3 Å². The minimum absolute atomic E-state index is 0.629. The molecule has 1 aromatic carbocycles. The van der Waals surface area contributed by atoms with Crippen molar-refractivity contribution in [2.45, 2.75) is 39.2 Å². The molecule has 1 fully saturated rings. The summed E-state index contributed by atoms with van der Waals surface area (Å²) in [6, 6.07) is 10.6. The number of aromatic nitrogens is 2. The third-order valence-electron chi connectivity index (χ3n) is 4.27. The van der Waals surface area contributed by atoms with E-state index in [2.05, 4.69) is 41.6 Å². The van der Waals surface area contributed by atoms with Crippen LogP contribution in [0.5, 0.6) is 0 Å². The van der Waals surface area contributed by atoms with Gasteiger partial charge in [0.15, 0.2) is 0 Å². The van der Waals surface area contributed by atoms with E-state index < -0.39 is 0 Å². The van der Waals surface area contributed by atoms with Crippen LogP contribution in [0, 0.1) is 5.41 Å². The van der Waals surface area contributed by atoms with E-state index in [1.54, 1.807) is 6.20 Å². The molecule has 20 heavy (non-hydrogen) atoms. The molecule has 0 spiro atoms. The molecule has 0 bridgehead atoms. The number of nitrogens with one attached hydrogen (secondary N) is 1. The quantitative estimate of drug-likeness (QED) is 0.833. The molecule has 0 unspecified atom stereocenters. The molecule has 0 atom stereocenters. The fraction of sp³-hybridized carbons (Fsp3) is 0.471. The fourth-order valence-corrected chi connectivity index (χ4v) is 2.88. The van der Waals surface area contributed by atoms with Gasteiger partial charge in [-0.05, 0) is 48.4 Å². The lowest BCUT2D eigenvalue weighted by atomic mass is 10.0. The minimum Gasteiger partial charge on any atom is -0.312 e. The fourth-order valence-electron chi connectivity index (χ4n) is 2.88. The summed E-state index contributed by atoms with van der Waals surface area (Å²) in [4.78, 5) is 0. The first-order chi connectivity index (χ1) is 9.81. The highest BCUT2D eigenvalue weighted by Crippen LogP contribution is 2.48. The second-order valence-electron chi connectivity index (χ2n) is 5.97. The molecule has 0 aliphatic heterocycles. The van der Waals surface area contributed by atoms with E-state index in [4.69, 9.17) is 0 Å². The summed E-state index contributed by atoms with van der Waals surface area (Å²) < 4.78 is 1.89. The van der Waals surface area contributed by atoms with Gasteiger partial charge < -0.3 is 5.32 Å². The van der Waals surface area contributed by atoms with Gasteiger partial charge in [0.1, 0.15) is 0 Å². The maximum Gasteiger partial charge on any atom is 0.0645 e. The average Bonchev–Trinajstić information content (AvgIpc) is 3.02. The molecule has 2 aromatic rings. The van der Waals surface area contributed by atoms with Crippen LogP contribution in [-0.2, 0) is 6.54 Å². The van der Waals surface area contributed by atoms with Crippen LogP contribution < -0.4 is 5.32 Å². The van der Waals surface area contributed by atoms with Gasteiger partial charge in [0, 0.05) is 25.5 Å². The summed E-state index contributed by atoms with van der Waals surface area (Å²) in [5.74, 6) is 0. The highest BCUT2D eigenvalue weighted by molar-refractivity contribution is 5.33. The van der Waals surface area contributed by atoms with Gasteiger partial charge in [0.05, 0.1) is 5.69 Å². The molecule has 3 nitrogen and oxygen atoms in total. The van der Waals surface area contributed by atoms with Crippen molar-refractivity contribution in [1.29, 1.82) is 0 Å². The van der Waals surface area contributed by atoms with Crippen LogP contribution in [0.1, 0.15) is 38.2 Å². The first-order valence-corrected chi connectivity index (χ1v) is 7.61. The maximum atomic E-state index is 4.24. The van der Waals surface area contributed by atoms with Gasteiger partial charge in [-0.1, -0.05) is 25.5 Å². The first-order valence-electron chi connectivity index (χ1n) is 7.61. The maximum absolute atomic E-state index is 4.24. The topological polar surface area (TPSA) is 29.9 Å². The van der Waals surface area contributed by atoms with Crippen molar-refractivity contribution in [3.63, 3.8) is 0 Å². The summed E-state index contributed by atoms with van der Waals surface area (Å²) >= 11 is 0. The molecule has 1 aromatic heterocycles. The lowest BCUT2D eigenvalue weighted by molar-refractivity contribution is 0.421. The number of nitrogens with zero attached hydrogens (tertiary/aromatic N) is 2. The van der Waals surface area contributed by atoms with Crippen LogP contribution in [-0.4, -0.2) is 16.3 Å². The van der Waals surface area contributed by atoms with Crippen LogP contribution in [0.2, 0.25) is 0 Å². The molecule has 1 saturated carbocycles. The van der Waals surface area contributed by atoms with Crippen molar-refractivity contribution in [2.75, 3.05) is 6.54 Å². The van der Waals surface area contributed by atoms with E-state index in [0.29, 0.717) is 5.41 Å². The third kappa shape index (κ3) is 3.10. The van der Waals surface area contributed by atoms with Crippen LogP contribution >= 0.6 is 0 Å². The Hall–Kier alpha value is -1.61. The van der Waals surface area contributed by atoms with E-state index in [9.17, 15) is 0 Å². The summed E-state index contributed by atoms with van der Waals surface area (Å²) in [5, 5.41) is 7.86. The Labute approximate surface area is 121 Å². The highest BCUT2D eigenvalue weighted by atomic mass is 15.3. The lowest BCUT2D eigenvalue weighted by Gasteiger charge is -2.15. The average molecular weight is 269 g/mol. The Kier molecular flexibility index (Phi) is 3.88. The predicted octanol–water partition coefficient (Wildman–Crippen LogP) is 3.54. The van der Waals surface area contributed by atoms with E-state index >= 15 is 0 Å². The van der Waals surface area contributed by atoms with E-state index in [1.807, 2.05) is 16.9 Å². The second-order valence-corrected chi connectivity index (χ2v) is 5.97. The summed E-state index contributed by atoms with van der Waals surface area (Å²) in [7, 11) is 0. The van der Waals surface area contributed by atoms with Gasteiger partial charge in [-0.2, -0.15) is 5.10 Å². The minimum atomic E-state index is 0.629. The van der Waals surface area contributed by atoms with Crippen LogP contribution in [0.15, 0.2) is 42.7 Å². The summed E-state index contributed by atoms with van der Waals surface area (Å²) in [6.45, 7) is 4.42. The molecule has 1 heterocycles. The monoisotopic (exact) mass is 269 g/mol. The zero-order valence-corrected chi connectivity index (χ0v) is 12.2. The Balaban J connectivity index is 1.51. The molecular weight excluding hydrogens is 246 g/mol. The third-order valence-corrected chi connectivity index (χ3v) is 4.27. The summed E-state index contributed by atoms with van der Waals surface area (Å²) in [5.41, 5.74) is 3.08. The van der Waals surface area contributed by atoms with Crippen molar-refractivity contribution in [3.8, 4) is 5.69 Å². The van der Waals surface area contributed by atoms with Crippen molar-refractivity contribution >= 4 is 0 Å². The molecular formula is C17H23N3. The molecule has 3 heteroatoms. The number of hydrogen-bond acceptors (Lipinski definition) is 2. The van der Waals surface area contributed by atoms with Gasteiger partial charge in [-0.3, -0.25) is 0 Å². The Bertz CT molecular complexity index is 524. The van der Waals surface area contributed by atoms with Crippen LogP contribution in [0.25, 0.3) is 5.69 Å². The number of hydrogen-bond donors (Lipinski definition) is 1. The van der Waals surface area contributed by atoms with E-state index in [0.717, 1.165) is 12.2 Å². The Morgan fingerprint density at radius 3 is 2.65 bits per heavy atom. The number of rotatable bonds is 7. The molecule has 0 amide bonds. The Morgan fingerprint density at radius 2 is 2.05 bits per heavy atom. The molecule has 1 aliphatic rings. The largest absolute Gasteiger partial charge is 0.312 e. The zero-order chi connectivity index (χ0) is 13.8. The molecule has 0 saturated heterocycles. The van der Waals surface area contributed by atoms with Gasteiger partial charge in [-0.25, -0.2) is 4.68 Å². The Morgan fingerprint density at radius 1 is 1.25 bits per heavy atom. The van der Waals surface area contributed by atoms with E-state index in [1.165, 1.54) is 37.8 Å². The SMILES string of the molecule is CCCC1(CNCc2ccc(-n3cccn3)cc2)CC1. The zero-order valence-electron chi connectivity index (χ0n) is 12.2. The van der Waals surface area contributed by atoms with Gasteiger partial charge in [0.2, 0.25) is 0 Å². The van der Waals surface area contributed by atoms with Crippen LogP contribution in [0.4, 0.5) is 0 Å². The van der Waals surface area contributed by atoms with Gasteiger partial charge in [-0.15, -0.1) is 0 Å². The second kappa shape index (κ2) is 5.80. The highest BCUT2D eigenvalue weighted by Gasteiger charge is 2.40. The lowest BCUT2D eigenvalue weighted by Crippen LogP contribution is -2.23.